The van der Waals surface area contributed by atoms with Gasteiger partial charge >= 0.3 is 0 Å². The highest BCUT2D eigenvalue weighted by Gasteiger charge is 2.29. The molecule has 1 saturated heterocycles. The van der Waals surface area contributed by atoms with Crippen LogP contribution in [0.4, 0.5) is 0 Å². The van der Waals surface area contributed by atoms with Crippen LogP contribution in [0.2, 0.25) is 0 Å². The van der Waals surface area contributed by atoms with E-state index in [-0.39, 0.29) is 11.3 Å². The van der Waals surface area contributed by atoms with Crippen LogP contribution in [0.1, 0.15) is 57.6 Å². The molecule has 0 bridgehead atoms. The van der Waals surface area contributed by atoms with Gasteiger partial charge in [0.25, 0.3) is 5.91 Å². The van der Waals surface area contributed by atoms with Gasteiger partial charge in [-0.15, -0.1) is 0 Å². The Balaban J connectivity index is 1.79. The molecule has 178 valence electrons. The van der Waals surface area contributed by atoms with Crippen molar-refractivity contribution in [3.05, 3.63) is 59.2 Å². The summed E-state index contributed by atoms with van der Waals surface area (Å²) in [5.41, 5.74) is 3.13. The fourth-order valence-corrected chi connectivity index (χ4v) is 4.50. The molecule has 1 aliphatic heterocycles. The standard InChI is InChI=1S/C25H40N4O2S/c1-5-7-9-23(8-6-2)24(30)27-18-21-10-12-22(13-11-21)19-32-29(31)28(4)20-25(3)14-16-26-17-15-25/h6,8-13,26,31H,5,7,14-20H2,1-4H3,(H,27,30)/b8-6-,23-9+. The van der Waals surface area contributed by atoms with E-state index in [4.69, 9.17) is 0 Å². The lowest BCUT2D eigenvalue weighted by molar-refractivity contribution is -0.158. The van der Waals surface area contributed by atoms with Gasteiger partial charge in [0, 0.05) is 31.5 Å². The number of amides is 1. The third-order valence-corrected chi connectivity index (χ3v) is 6.77. The number of nitrogens with one attached hydrogen (secondary N) is 2. The Hall–Kier alpha value is -1.64. The van der Waals surface area contributed by atoms with Crippen molar-refractivity contribution in [2.24, 2.45) is 5.41 Å². The Morgan fingerprint density at radius 2 is 1.91 bits per heavy atom. The maximum atomic E-state index is 12.4. The fourth-order valence-electron chi connectivity index (χ4n) is 3.79. The molecule has 1 fully saturated rings. The van der Waals surface area contributed by atoms with E-state index in [0.29, 0.717) is 17.9 Å². The molecule has 0 spiro atoms. The molecule has 0 aliphatic carbocycles. The predicted octanol–water partition coefficient (Wildman–Crippen LogP) is 4.68. The first-order chi connectivity index (χ1) is 15.4. The number of allylic oxidation sites excluding steroid dienone is 2. The van der Waals surface area contributed by atoms with Crippen LogP contribution in [0.5, 0.6) is 0 Å². The molecule has 1 aromatic rings. The molecule has 32 heavy (non-hydrogen) atoms. The van der Waals surface area contributed by atoms with Crippen LogP contribution in [0.3, 0.4) is 0 Å². The van der Waals surface area contributed by atoms with Crippen molar-refractivity contribution in [1.82, 2.24) is 20.2 Å². The van der Waals surface area contributed by atoms with E-state index >= 15 is 0 Å². The van der Waals surface area contributed by atoms with Gasteiger partial charge < -0.3 is 10.6 Å². The monoisotopic (exact) mass is 460 g/mol. The third-order valence-electron chi connectivity index (χ3n) is 5.80. The van der Waals surface area contributed by atoms with Crippen LogP contribution in [-0.2, 0) is 17.1 Å². The summed E-state index contributed by atoms with van der Waals surface area (Å²) in [6.07, 6.45) is 9.89. The first kappa shape index (κ1) is 26.6. The summed E-state index contributed by atoms with van der Waals surface area (Å²) in [7, 11) is 1.93. The molecule has 6 nitrogen and oxygen atoms in total. The molecular weight excluding hydrogens is 420 g/mol. The summed E-state index contributed by atoms with van der Waals surface area (Å²) in [5, 5.41) is 18.7. The lowest BCUT2D eigenvalue weighted by atomic mass is 9.81. The van der Waals surface area contributed by atoms with E-state index in [1.54, 1.807) is 0 Å². The molecule has 7 heteroatoms. The number of carbonyl (C=O) groups is 1. The molecular formula is C25H40N4O2S. The van der Waals surface area contributed by atoms with Gasteiger partial charge in [0.05, 0.1) is 0 Å². The van der Waals surface area contributed by atoms with Gasteiger partial charge in [-0.25, -0.2) is 5.01 Å². The molecule has 1 aliphatic rings. The molecule has 0 radical (unpaired) electrons. The maximum absolute atomic E-state index is 12.4. The Morgan fingerprint density at radius 3 is 2.53 bits per heavy atom. The minimum atomic E-state index is -0.0439. The van der Waals surface area contributed by atoms with E-state index in [2.05, 4.69) is 36.6 Å². The molecule has 3 N–H and O–H groups in total. The second-order valence-corrected chi connectivity index (χ2v) is 9.72. The van der Waals surface area contributed by atoms with Crippen molar-refractivity contribution in [2.75, 3.05) is 26.7 Å². The molecule has 1 aromatic carbocycles. The van der Waals surface area contributed by atoms with Crippen LogP contribution >= 0.6 is 11.9 Å². The number of rotatable bonds is 12. The summed E-state index contributed by atoms with van der Waals surface area (Å²) in [5.74, 6) is 0.634. The van der Waals surface area contributed by atoms with Crippen molar-refractivity contribution in [1.29, 1.82) is 0 Å². The number of hydrogen-bond acceptors (Lipinski definition) is 6. The minimum absolute atomic E-state index is 0.0439. The number of piperidine rings is 1. The zero-order chi connectivity index (χ0) is 23.4. The van der Waals surface area contributed by atoms with Crippen LogP contribution in [0.15, 0.2) is 48.1 Å². The van der Waals surface area contributed by atoms with Crippen molar-refractivity contribution < 1.29 is 10.0 Å². The van der Waals surface area contributed by atoms with Gasteiger partial charge in [0.2, 0.25) is 0 Å². The molecule has 2 rings (SSSR count). The molecule has 0 atom stereocenters. The summed E-state index contributed by atoms with van der Waals surface area (Å²) in [4.78, 5) is 12.4. The van der Waals surface area contributed by atoms with Crippen LogP contribution in [-0.4, -0.2) is 47.4 Å². The van der Waals surface area contributed by atoms with E-state index in [9.17, 15) is 10.0 Å². The molecule has 0 unspecified atom stereocenters. The largest absolute Gasteiger partial charge is 0.348 e. The van der Waals surface area contributed by atoms with E-state index < -0.39 is 0 Å². The summed E-state index contributed by atoms with van der Waals surface area (Å²) >= 11 is 1.38. The summed E-state index contributed by atoms with van der Waals surface area (Å²) < 4.78 is 1.26. The average molecular weight is 461 g/mol. The highest BCUT2D eigenvalue weighted by atomic mass is 32.2. The topological polar surface area (TPSA) is 67.8 Å². The van der Waals surface area contributed by atoms with E-state index in [0.717, 1.165) is 56.4 Å². The highest BCUT2D eigenvalue weighted by molar-refractivity contribution is 7.96. The number of benzene rings is 1. The second-order valence-electron chi connectivity index (χ2n) is 8.85. The predicted molar refractivity (Wildman–Crippen MR) is 134 cm³/mol. The Bertz CT molecular complexity index is 758. The van der Waals surface area contributed by atoms with Gasteiger partial charge in [-0.2, -0.15) is 0 Å². The summed E-state index contributed by atoms with van der Waals surface area (Å²) in [6.45, 7) is 9.73. The van der Waals surface area contributed by atoms with Crippen LogP contribution in [0.25, 0.3) is 0 Å². The lowest BCUT2D eigenvalue weighted by Crippen LogP contribution is -2.45. The number of nitrogens with zero attached hydrogens (tertiary/aromatic N) is 2. The normalized spacial score (nSPS) is 16.8. The number of hydrogen-bond donors (Lipinski definition) is 3. The molecule has 1 heterocycles. The molecule has 1 amide bonds. The van der Waals surface area contributed by atoms with Gasteiger partial charge in [0.15, 0.2) is 0 Å². The minimum Gasteiger partial charge on any atom is -0.348 e. The fraction of sp³-hybridized carbons (Fsp3) is 0.560. The zero-order valence-electron chi connectivity index (χ0n) is 20.1. The van der Waals surface area contributed by atoms with Crippen LogP contribution in [0, 0.1) is 5.41 Å². The summed E-state index contributed by atoms with van der Waals surface area (Å²) in [6, 6.07) is 8.16. The second kappa shape index (κ2) is 13.8. The Kier molecular flexibility index (Phi) is 11.5. The van der Waals surface area contributed by atoms with Crippen molar-refractivity contribution in [3.8, 4) is 0 Å². The maximum Gasteiger partial charge on any atom is 0.251 e. The number of unbranched alkanes of at least 4 members (excludes halogenated alkanes) is 1. The van der Waals surface area contributed by atoms with Gasteiger partial charge in [-0.3, -0.25) is 10.0 Å². The molecule has 0 aromatic heterocycles. The van der Waals surface area contributed by atoms with E-state index in [1.807, 2.05) is 49.3 Å². The smallest absolute Gasteiger partial charge is 0.251 e. The third kappa shape index (κ3) is 9.08. The van der Waals surface area contributed by atoms with Crippen molar-refractivity contribution in [3.63, 3.8) is 0 Å². The van der Waals surface area contributed by atoms with Crippen molar-refractivity contribution in [2.45, 2.75) is 58.8 Å². The molecule has 0 saturated carbocycles. The Morgan fingerprint density at radius 1 is 1.25 bits per heavy atom. The van der Waals surface area contributed by atoms with E-state index in [1.165, 1.54) is 16.5 Å². The average Bonchev–Trinajstić information content (AvgIpc) is 2.79. The Labute approximate surface area is 198 Å². The van der Waals surface area contributed by atoms with Gasteiger partial charge in [-0.1, -0.05) is 67.3 Å². The SMILES string of the molecule is C/C=C\C(=C/CCC)C(=O)NCc1ccc(CSN(O)N(C)CC2(C)CCNCC2)cc1. The van der Waals surface area contributed by atoms with Crippen molar-refractivity contribution >= 4 is 17.9 Å². The van der Waals surface area contributed by atoms with Gasteiger partial charge in [0.1, 0.15) is 0 Å². The van der Waals surface area contributed by atoms with Gasteiger partial charge in [-0.05, 0) is 67.8 Å². The first-order valence-corrected chi connectivity index (χ1v) is 12.5. The quantitative estimate of drug-likeness (QED) is 0.182. The highest BCUT2D eigenvalue weighted by Crippen LogP contribution is 2.30. The lowest BCUT2D eigenvalue weighted by Gasteiger charge is -2.38. The van der Waals surface area contributed by atoms with Crippen LogP contribution < -0.4 is 10.6 Å². The number of carbonyl (C=O) groups excluding carboxylic acids is 1. The first-order valence-electron chi connectivity index (χ1n) is 11.6. The zero-order valence-corrected chi connectivity index (χ0v) is 20.9. The number of hydrazine groups is 1.